The maximum atomic E-state index is 11.4. The van der Waals surface area contributed by atoms with Crippen molar-refractivity contribution in [3.63, 3.8) is 0 Å². The lowest BCUT2D eigenvalue weighted by Gasteiger charge is -2.35. The van der Waals surface area contributed by atoms with E-state index in [4.69, 9.17) is 4.98 Å². The molecule has 0 spiro atoms. The predicted octanol–water partition coefficient (Wildman–Crippen LogP) is 3.84. The van der Waals surface area contributed by atoms with Crippen molar-refractivity contribution in [1.29, 1.82) is 0 Å². The van der Waals surface area contributed by atoms with Gasteiger partial charge in [0.25, 0.3) is 5.69 Å². The van der Waals surface area contributed by atoms with E-state index in [9.17, 15) is 15.2 Å². The zero-order chi connectivity index (χ0) is 19.7. The number of anilines is 1. The van der Waals surface area contributed by atoms with Gasteiger partial charge in [-0.2, -0.15) is 0 Å². The number of aromatic nitrogens is 2. The van der Waals surface area contributed by atoms with E-state index in [0.29, 0.717) is 17.3 Å². The molecule has 1 saturated heterocycles. The second-order valence-electron chi connectivity index (χ2n) is 7.20. The molecule has 0 aliphatic carbocycles. The third kappa shape index (κ3) is 3.22. The van der Waals surface area contributed by atoms with Gasteiger partial charge in [0.2, 0.25) is 0 Å². The van der Waals surface area contributed by atoms with Crippen LogP contribution in [0.4, 0.5) is 11.4 Å². The Morgan fingerprint density at radius 3 is 2.64 bits per heavy atom. The minimum atomic E-state index is -0.346. The Bertz CT molecular complexity index is 1010. The molecule has 0 saturated carbocycles. The van der Waals surface area contributed by atoms with Crippen molar-refractivity contribution in [3.05, 3.63) is 64.0 Å². The molecule has 3 aromatic rings. The summed E-state index contributed by atoms with van der Waals surface area (Å²) in [4.78, 5) is 17.9. The van der Waals surface area contributed by atoms with Crippen molar-refractivity contribution in [1.82, 2.24) is 9.55 Å². The van der Waals surface area contributed by atoms with E-state index >= 15 is 0 Å². The molecule has 1 fully saturated rings. The zero-order valence-corrected chi connectivity index (χ0v) is 15.9. The fourth-order valence-electron chi connectivity index (χ4n) is 4.19. The first-order valence-corrected chi connectivity index (χ1v) is 9.71. The lowest BCUT2D eigenvalue weighted by molar-refractivity contribution is -0.384. The summed E-state index contributed by atoms with van der Waals surface area (Å²) >= 11 is 0. The number of piperidine rings is 1. The predicted molar refractivity (Wildman–Crippen MR) is 109 cm³/mol. The van der Waals surface area contributed by atoms with Gasteiger partial charge in [0.05, 0.1) is 22.6 Å². The Hall–Kier alpha value is -2.93. The standard InChI is InChI=1S/C21H24N4O3/c1-2-21-22-17-5-3-4-6-18(17)24(21)16-9-11-23(12-10-16)20-13-15(14-26)7-8-19(20)25(27)28/h3-8,13,16,26H,2,9-12,14H2,1H3. The molecule has 28 heavy (non-hydrogen) atoms. The number of hydrogen-bond donors (Lipinski definition) is 1. The van der Waals surface area contributed by atoms with Crippen molar-refractivity contribution in [3.8, 4) is 0 Å². The van der Waals surface area contributed by atoms with Gasteiger partial charge in [0.15, 0.2) is 0 Å². The quantitative estimate of drug-likeness (QED) is 0.537. The number of aliphatic hydroxyl groups excluding tert-OH is 1. The Kier molecular flexibility index (Phi) is 5.00. The van der Waals surface area contributed by atoms with Crippen molar-refractivity contribution < 1.29 is 10.0 Å². The van der Waals surface area contributed by atoms with E-state index < -0.39 is 0 Å². The minimum absolute atomic E-state index is 0.0953. The average molecular weight is 380 g/mol. The number of hydrogen-bond acceptors (Lipinski definition) is 5. The summed E-state index contributed by atoms with van der Waals surface area (Å²) in [6.45, 7) is 3.46. The monoisotopic (exact) mass is 380 g/mol. The number of aliphatic hydroxyl groups is 1. The van der Waals surface area contributed by atoms with Crippen LogP contribution in [-0.4, -0.2) is 32.7 Å². The number of nitro groups is 1. The summed E-state index contributed by atoms with van der Waals surface area (Å²) in [5.41, 5.74) is 3.56. The molecular formula is C21H24N4O3. The van der Waals surface area contributed by atoms with Crippen LogP contribution < -0.4 is 4.90 Å². The summed E-state index contributed by atoms with van der Waals surface area (Å²) in [7, 11) is 0. The van der Waals surface area contributed by atoms with E-state index in [-0.39, 0.29) is 17.2 Å². The first-order valence-electron chi connectivity index (χ1n) is 9.71. The van der Waals surface area contributed by atoms with Crippen LogP contribution in [0.25, 0.3) is 11.0 Å². The molecule has 1 N–H and O–H groups in total. The van der Waals surface area contributed by atoms with E-state index in [1.165, 1.54) is 6.07 Å². The highest BCUT2D eigenvalue weighted by molar-refractivity contribution is 5.76. The number of para-hydroxylation sites is 2. The van der Waals surface area contributed by atoms with Gasteiger partial charge in [-0.15, -0.1) is 0 Å². The van der Waals surface area contributed by atoms with Gasteiger partial charge < -0.3 is 14.6 Å². The van der Waals surface area contributed by atoms with Crippen LogP contribution in [-0.2, 0) is 13.0 Å². The number of nitro benzene ring substituents is 1. The molecular weight excluding hydrogens is 356 g/mol. The lowest BCUT2D eigenvalue weighted by Crippen LogP contribution is -2.35. The van der Waals surface area contributed by atoms with Gasteiger partial charge in [0, 0.05) is 31.6 Å². The molecule has 7 heteroatoms. The fourth-order valence-corrected chi connectivity index (χ4v) is 4.19. The highest BCUT2D eigenvalue weighted by Crippen LogP contribution is 2.35. The second-order valence-corrected chi connectivity index (χ2v) is 7.20. The summed E-state index contributed by atoms with van der Waals surface area (Å²) in [6.07, 6.45) is 2.67. The summed E-state index contributed by atoms with van der Waals surface area (Å²) in [5.74, 6) is 1.09. The Morgan fingerprint density at radius 1 is 1.21 bits per heavy atom. The molecule has 0 radical (unpaired) electrons. The van der Waals surface area contributed by atoms with Gasteiger partial charge >= 0.3 is 0 Å². The topological polar surface area (TPSA) is 84.4 Å². The second kappa shape index (κ2) is 7.59. The smallest absolute Gasteiger partial charge is 0.292 e. The number of aryl methyl sites for hydroxylation is 1. The van der Waals surface area contributed by atoms with E-state index in [1.807, 2.05) is 18.2 Å². The first kappa shape index (κ1) is 18.4. The van der Waals surface area contributed by atoms with Crippen LogP contribution in [0.2, 0.25) is 0 Å². The number of imidazole rings is 1. The minimum Gasteiger partial charge on any atom is -0.392 e. The summed E-state index contributed by atoms with van der Waals surface area (Å²) in [6, 6.07) is 13.4. The van der Waals surface area contributed by atoms with E-state index in [1.54, 1.807) is 12.1 Å². The van der Waals surface area contributed by atoms with Gasteiger partial charge in [-0.25, -0.2) is 4.98 Å². The van der Waals surface area contributed by atoms with Crippen LogP contribution in [0.5, 0.6) is 0 Å². The molecule has 1 aliphatic heterocycles. The van der Waals surface area contributed by atoms with Gasteiger partial charge in [-0.3, -0.25) is 10.1 Å². The van der Waals surface area contributed by atoms with Crippen LogP contribution in [0.3, 0.4) is 0 Å². The summed E-state index contributed by atoms with van der Waals surface area (Å²) < 4.78 is 2.35. The highest BCUT2D eigenvalue weighted by Gasteiger charge is 2.27. The van der Waals surface area contributed by atoms with E-state index in [0.717, 1.165) is 49.2 Å². The van der Waals surface area contributed by atoms with Gasteiger partial charge in [-0.05, 0) is 42.7 Å². The van der Waals surface area contributed by atoms with Crippen LogP contribution >= 0.6 is 0 Å². The van der Waals surface area contributed by atoms with Crippen LogP contribution in [0.1, 0.15) is 37.2 Å². The molecule has 0 bridgehead atoms. The highest BCUT2D eigenvalue weighted by atomic mass is 16.6. The molecule has 2 heterocycles. The molecule has 1 aliphatic rings. The Labute approximate surface area is 163 Å². The molecule has 0 atom stereocenters. The largest absolute Gasteiger partial charge is 0.392 e. The van der Waals surface area contributed by atoms with Crippen molar-refractivity contribution in [2.45, 2.75) is 38.8 Å². The number of nitrogens with zero attached hydrogens (tertiary/aromatic N) is 4. The van der Waals surface area contributed by atoms with E-state index in [2.05, 4.69) is 22.5 Å². The third-order valence-electron chi connectivity index (χ3n) is 5.57. The normalized spacial score (nSPS) is 15.3. The SMILES string of the molecule is CCc1nc2ccccc2n1C1CCN(c2cc(CO)ccc2[N+](=O)[O-])CC1. The number of benzene rings is 2. The number of rotatable bonds is 5. The molecule has 4 rings (SSSR count). The maximum Gasteiger partial charge on any atom is 0.292 e. The average Bonchev–Trinajstić information content (AvgIpc) is 3.12. The number of fused-ring (bicyclic) bond motifs is 1. The Morgan fingerprint density at radius 2 is 1.96 bits per heavy atom. The molecule has 7 nitrogen and oxygen atoms in total. The van der Waals surface area contributed by atoms with Crippen molar-refractivity contribution >= 4 is 22.4 Å². The molecule has 146 valence electrons. The van der Waals surface area contributed by atoms with Crippen LogP contribution in [0, 0.1) is 10.1 Å². The van der Waals surface area contributed by atoms with Crippen molar-refractivity contribution in [2.75, 3.05) is 18.0 Å². The molecule has 0 unspecified atom stereocenters. The van der Waals surface area contributed by atoms with Crippen LogP contribution in [0.15, 0.2) is 42.5 Å². The molecule has 1 aromatic heterocycles. The van der Waals surface area contributed by atoms with Gasteiger partial charge in [-0.1, -0.05) is 19.1 Å². The van der Waals surface area contributed by atoms with Gasteiger partial charge in [0.1, 0.15) is 11.5 Å². The lowest BCUT2D eigenvalue weighted by atomic mass is 10.0. The third-order valence-corrected chi connectivity index (χ3v) is 5.57. The fraction of sp³-hybridized carbons (Fsp3) is 0.381. The van der Waals surface area contributed by atoms with Crippen molar-refractivity contribution in [2.24, 2.45) is 0 Å². The first-order chi connectivity index (χ1) is 13.6. The molecule has 2 aromatic carbocycles. The molecule has 0 amide bonds. The summed E-state index contributed by atoms with van der Waals surface area (Å²) in [5, 5.41) is 20.9. The zero-order valence-electron chi connectivity index (χ0n) is 15.9. The Balaban J connectivity index is 1.60. The maximum absolute atomic E-state index is 11.4.